The number of carboxylic acid groups (broad SMARTS) is 1. The first-order valence-corrected chi connectivity index (χ1v) is 6.59. The van der Waals surface area contributed by atoms with Crippen LogP contribution in [0.1, 0.15) is 10.4 Å². The lowest BCUT2D eigenvalue weighted by Gasteiger charge is -2.09. The number of benzene rings is 3. The molecule has 0 spiro atoms. The summed E-state index contributed by atoms with van der Waals surface area (Å²) in [6.07, 6.45) is 0. The van der Waals surface area contributed by atoms with E-state index in [4.69, 9.17) is 4.74 Å². The van der Waals surface area contributed by atoms with Crippen LogP contribution in [-0.4, -0.2) is 18.2 Å². The van der Waals surface area contributed by atoms with Crippen LogP contribution in [0.3, 0.4) is 0 Å². The van der Waals surface area contributed by atoms with Crippen molar-refractivity contribution in [2.75, 3.05) is 7.11 Å². The van der Waals surface area contributed by atoms with Crippen molar-refractivity contribution in [1.29, 1.82) is 0 Å². The van der Waals surface area contributed by atoms with Crippen LogP contribution in [0, 0.1) is 0 Å². The largest absolute Gasteiger partial charge is 0.497 e. The second-order valence-corrected chi connectivity index (χ2v) is 4.78. The highest BCUT2D eigenvalue weighted by Gasteiger charge is 2.13. The van der Waals surface area contributed by atoms with Crippen LogP contribution in [0.25, 0.3) is 21.9 Å². The van der Waals surface area contributed by atoms with Gasteiger partial charge in [0, 0.05) is 0 Å². The summed E-state index contributed by atoms with van der Waals surface area (Å²) in [6, 6.07) is 19.1. The van der Waals surface area contributed by atoms with E-state index in [1.165, 1.54) is 7.11 Å². The lowest BCUT2D eigenvalue weighted by molar-refractivity contribution is 0.0697. The Balaban J connectivity index is 2.19. The molecule has 0 heterocycles. The highest BCUT2D eigenvalue weighted by molar-refractivity contribution is 5.98. The predicted molar refractivity (Wildman–Crippen MR) is 82.9 cm³/mol. The first-order chi connectivity index (χ1) is 10.2. The molecule has 3 aromatic rings. The van der Waals surface area contributed by atoms with Crippen molar-refractivity contribution < 1.29 is 14.6 Å². The van der Waals surface area contributed by atoms with E-state index in [1.807, 2.05) is 42.5 Å². The summed E-state index contributed by atoms with van der Waals surface area (Å²) in [5.41, 5.74) is 1.81. The van der Waals surface area contributed by atoms with Crippen molar-refractivity contribution in [3.05, 3.63) is 66.2 Å². The zero-order valence-electron chi connectivity index (χ0n) is 11.5. The van der Waals surface area contributed by atoms with Crippen molar-refractivity contribution in [3.8, 4) is 16.9 Å². The van der Waals surface area contributed by atoms with E-state index in [0.717, 1.165) is 16.3 Å². The number of hydrogen-bond acceptors (Lipinski definition) is 2. The Labute approximate surface area is 122 Å². The predicted octanol–water partition coefficient (Wildman–Crippen LogP) is 4.21. The molecule has 104 valence electrons. The van der Waals surface area contributed by atoms with Gasteiger partial charge in [-0.2, -0.15) is 0 Å². The lowest BCUT2D eigenvalue weighted by atomic mass is 9.97. The fraction of sp³-hybridized carbons (Fsp3) is 0.0556. The number of ether oxygens (including phenoxy) is 1. The summed E-state index contributed by atoms with van der Waals surface area (Å²) in [7, 11) is 1.52. The number of carboxylic acids is 1. The molecule has 0 aliphatic carbocycles. The van der Waals surface area contributed by atoms with Gasteiger partial charge in [-0.15, -0.1) is 0 Å². The van der Waals surface area contributed by atoms with Gasteiger partial charge < -0.3 is 9.84 Å². The van der Waals surface area contributed by atoms with Gasteiger partial charge in [-0.1, -0.05) is 36.4 Å². The Morgan fingerprint density at radius 3 is 2.43 bits per heavy atom. The molecular formula is C18H14O3. The van der Waals surface area contributed by atoms with Crippen molar-refractivity contribution >= 4 is 16.7 Å². The van der Waals surface area contributed by atoms with E-state index < -0.39 is 5.97 Å². The van der Waals surface area contributed by atoms with Crippen LogP contribution in [0.2, 0.25) is 0 Å². The minimum atomic E-state index is -0.961. The molecule has 0 amide bonds. The van der Waals surface area contributed by atoms with Gasteiger partial charge in [0.15, 0.2) is 0 Å². The first-order valence-electron chi connectivity index (χ1n) is 6.59. The highest BCUT2D eigenvalue weighted by atomic mass is 16.5. The summed E-state index contributed by atoms with van der Waals surface area (Å²) >= 11 is 0. The van der Waals surface area contributed by atoms with Crippen LogP contribution >= 0.6 is 0 Å². The Morgan fingerprint density at radius 2 is 1.71 bits per heavy atom. The van der Waals surface area contributed by atoms with Gasteiger partial charge in [-0.05, 0) is 46.2 Å². The molecule has 0 unspecified atom stereocenters. The average Bonchev–Trinajstić information content (AvgIpc) is 2.53. The molecule has 0 saturated carbocycles. The molecule has 3 rings (SSSR count). The number of aromatic carboxylic acids is 1. The Bertz CT molecular complexity index is 822. The molecule has 3 aromatic carbocycles. The second-order valence-electron chi connectivity index (χ2n) is 4.78. The van der Waals surface area contributed by atoms with Gasteiger partial charge in [0.1, 0.15) is 5.75 Å². The van der Waals surface area contributed by atoms with Crippen molar-refractivity contribution in [1.82, 2.24) is 0 Å². The third-order valence-electron chi connectivity index (χ3n) is 3.52. The van der Waals surface area contributed by atoms with E-state index >= 15 is 0 Å². The standard InChI is InChI=1S/C18H14O3/c1-21-15-8-9-16(17(11-15)18(19)20)14-7-6-12-4-2-3-5-13(12)10-14/h2-11H,1H3,(H,19,20). The van der Waals surface area contributed by atoms with E-state index in [-0.39, 0.29) is 5.56 Å². The fourth-order valence-corrected chi connectivity index (χ4v) is 2.44. The number of rotatable bonds is 3. The SMILES string of the molecule is COc1ccc(-c2ccc3ccccc3c2)c(C(=O)O)c1. The summed E-state index contributed by atoms with van der Waals surface area (Å²) in [4.78, 5) is 11.5. The first kappa shape index (κ1) is 13.2. The summed E-state index contributed by atoms with van der Waals surface area (Å²) in [6.45, 7) is 0. The smallest absolute Gasteiger partial charge is 0.336 e. The van der Waals surface area contributed by atoms with Crippen LogP contribution in [-0.2, 0) is 0 Å². The summed E-state index contributed by atoms with van der Waals surface area (Å²) < 4.78 is 5.10. The summed E-state index contributed by atoms with van der Waals surface area (Å²) in [5, 5.41) is 11.6. The van der Waals surface area contributed by atoms with Gasteiger partial charge in [0.05, 0.1) is 12.7 Å². The maximum Gasteiger partial charge on any atom is 0.336 e. The summed E-state index contributed by atoms with van der Waals surface area (Å²) in [5.74, 6) is -0.422. The normalized spacial score (nSPS) is 10.5. The topological polar surface area (TPSA) is 46.5 Å². The van der Waals surface area contributed by atoms with Gasteiger partial charge in [-0.3, -0.25) is 0 Å². The molecule has 0 radical (unpaired) electrons. The minimum absolute atomic E-state index is 0.240. The maximum absolute atomic E-state index is 11.5. The average molecular weight is 278 g/mol. The molecule has 0 aliphatic heterocycles. The molecule has 0 aromatic heterocycles. The fourth-order valence-electron chi connectivity index (χ4n) is 2.44. The lowest BCUT2D eigenvalue weighted by Crippen LogP contribution is -2.00. The zero-order chi connectivity index (χ0) is 14.8. The van der Waals surface area contributed by atoms with E-state index in [2.05, 4.69) is 0 Å². The number of carbonyl (C=O) groups is 1. The molecule has 1 N–H and O–H groups in total. The van der Waals surface area contributed by atoms with Gasteiger partial charge in [-0.25, -0.2) is 4.79 Å². The molecule has 0 saturated heterocycles. The zero-order valence-corrected chi connectivity index (χ0v) is 11.5. The van der Waals surface area contributed by atoms with E-state index in [0.29, 0.717) is 11.3 Å². The highest BCUT2D eigenvalue weighted by Crippen LogP contribution is 2.29. The quantitative estimate of drug-likeness (QED) is 0.780. The molecule has 3 heteroatoms. The molecule has 3 nitrogen and oxygen atoms in total. The number of methoxy groups -OCH3 is 1. The third kappa shape index (κ3) is 2.46. The Kier molecular flexibility index (Phi) is 3.32. The monoisotopic (exact) mass is 278 g/mol. The number of fused-ring (bicyclic) bond motifs is 1. The number of hydrogen-bond donors (Lipinski definition) is 1. The van der Waals surface area contributed by atoms with Gasteiger partial charge in [0.2, 0.25) is 0 Å². The van der Waals surface area contributed by atoms with E-state index in [9.17, 15) is 9.90 Å². The molecule has 0 atom stereocenters. The van der Waals surface area contributed by atoms with Crippen LogP contribution in [0.4, 0.5) is 0 Å². The molecule has 0 fully saturated rings. The molecule has 0 bridgehead atoms. The second kappa shape index (κ2) is 5.29. The molecule has 21 heavy (non-hydrogen) atoms. The van der Waals surface area contributed by atoms with Crippen LogP contribution in [0.15, 0.2) is 60.7 Å². The Morgan fingerprint density at radius 1 is 0.952 bits per heavy atom. The molecular weight excluding hydrogens is 264 g/mol. The maximum atomic E-state index is 11.5. The van der Waals surface area contributed by atoms with Gasteiger partial charge in [0.25, 0.3) is 0 Å². The Hall–Kier alpha value is -2.81. The van der Waals surface area contributed by atoms with Crippen molar-refractivity contribution in [2.24, 2.45) is 0 Å². The third-order valence-corrected chi connectivity index (χ3v) is 3.52. The van der Waals surface area contributed by atoms with Gasteiger partial charge >= 0.3 is 5.97 Å². The van der Waals surface area contributed by atoms with Crippen molar-refractivity contribution in [3.63, 3.8) is 0 Å². The van der Waals surface area contributed by atoms with E-state index in [1.54, 1.807) is 18.2 Å². The minimum Gasteiger partial charge on any atom is -0.497 e. The van der Waals surface area contributed by atoms with Crippen LogP contribution < -0.4 is 4.74 Å². The van der Waals surface area contributed by atoms with Crippen LogP contribution in [0.5, 0.6) is 5.75 Å². The molecule has 0 aliphatic rings. The van der Waals surface area contributed by atoms with Crippen molar-refractivity contribution in [2.45, 2.75) is 0 Å².